The maximum atomic E-state index is 5.77. The summed E-state index contributed by atoms with van der Waals surface area (Å²) in [4.78, 5) is 2.32. The number of hydrogen-bond acceptors (Lipinski definition) is 3. The lowest BCUT2D eigenvalue weighted by atomic mass is 10.2. The summed E-state index contributed by atoms with van der Waals surface area (Å²) in [5, 5.41) is 0. The zero-order chi connectivity index (χ0) is 12.5. The molecule has 0 radical (unpaired) electrons. The van der Waals surface area contributed by atoms with E-state index in [1.807, 2.05) is 18.2 Å². The molecule has 0 spiro atoms. The third-order valence-corrected chi connectivity index (χ3v) is 2.82. The van der Waals surface area contributed by atoms with E-state index in [1.54, 1.807) is 7.11 Å². The summed E-state index contributed by atoms with van der Waals surface area (Å²) in [5.41, 5.74) is 1.19. The topological polar surface area (TPSA) is 21.7 Å². The molecule has 0 aliphatic rings. The molecule has 0 aliphatic carbocycles. The lowest BCUT2D eigenvalue weighted by Crippen LogP contribution is -2.31. The Balaban J connectivity index is 2.28. The Kier molecular flexibility index (Phi) is 6.67. The van der Waals surface area contributed by atoms with Crippen molar-refractivity contribution in [3.05, 3.63) is 29.8 Å². The SMILES string of the molecule is CCN(CCOC)CCOc1ccccc1C. The van der Waals surface area contributed by atoms with Crippen molar-refractivity contribution in [3.8, 4) is 5.75 Å². The van der Waals surface area contributed by atoms with Crippen LogP contribution in [0.4, 0.5) is 0 Å². The van der Waals surface area contributed by atoms with Crippen LogP contribution in [0.1, 0.15) is 12.5 Å². The zero-order valence-corrected chi connectivity index (χ0v) is 11.1. The second-order valence-corrected chi connectivity index (χ2v) is 4.04. The normalized spacial score (nSPS) is 10.8. The summed E-state index contributed by atoms with van der Waals surface area (Å²) < 4.78 is 10.8. The van der Waals surface area contributed by atoms with Gasteiger partial charge in [0.25, 0.3) is 0 Å². The van der Waals surface area contributed by atoms with Gasteiger partial charge in [-0.15, -0.1) is 0 Å². The van der Waals surface area contributed by atoms with Gasteiger partial charge in [-0.1, -0.05) is 25.1 Å². The first-order chi connectivity index (χ1) is 8.27. The van der Waals surface area contributed by atoms with Gasteiger partial charge in [0.15, 0.2) is 0 Å². The van der Waals surface area contributed by atoms with E-state index in [9.17, 15) is 0 Å². The number of benzene rings is 1. The fourth-order valence-corrected chi connectivity index (χ4v) is 1.65. The number of rotatable bonds is 8. The summed E-state index contributed by atoms with van der Waals surface area (Å²) in [6, 6.07) is 8.11. The molecule has 1 aromatic carbocycles. The highest BCUT2D eigenvalue weighted by molar-refractivity contribution is 5.31. The van der Waals surface area contributed by atoms with E-state index in [-0.39, 0.29) is 0 Å². The van der Waals surface area contributed by atoms with Gasteiger partial charge in [-0.2, -0.15) is 0 Å². The molecule has 0 aromatic heterocycles. The van der Waals surface area contributed by atoms with Crippen LogP contribution in [0, 0.1) is 6.92 Å². The predicted octanol–water partition coefficient (Wildman–Crippen LogP) is 2.34. The molecular formula is C14H23NO2. The van der Waals surface area contributed by atoms with Crippen LogP contribution in [0.5, 0.6) is 5.75 Å². The second kappa shape index (κ2) is 8.09. The average molecular weight is 237 g/mol. The smallest absolute Gasteiger partial charge is 0.122 e. The molecule has 0 fully saturated rings. The number of hydrogen-bond donors (Lipinski definition) is 0. The van der Waals surface area contributed by atoms with Crippen molar-refractivity contribution < 1.29 is 9.47 Å². The highest BCUT2D eigenvalue weighted by Gasteiger charge is 2.03. The lowest BCUT2D eigenvalue weighted by Gasteiger charge is -2.20. The van der Waals surface area contributed by atoms with Gasteiger partial charge in [-0.25, -0.2) is 0 Å². The molecule has 0 N–H and O–H groups in total. The molecule has 1 rings (SSSR count). The number of methoxy groups -OCH3 is 1. The molecule has 0 aliphatic heterocycles. The van der Waals surface area contributed by atoms with Crippen molar-refractivity contribution in [1.82, 2.24) is 4.90 Å². The first-order valence-electron chi connectivity index (χ1n) is 6.17. The molecule has 3 heteroatoms. The minimum Gasteiger partial charge on any atom is -0.492 e. The van der Waals surface area contributed by atoms with E-state index in [0.717, 1.165) is 38.6 Å². The fourth-order valence-electron chi connectivity index (χ4n) is 1.65. The lowest BCUT2D eigenvalue weighted by molar-refractivity contribution is 0.138. The van der Waals surface area contributed by atoms with E-state index in [2.05, 4.69) is 24.8 Å². The van der Waals surface area contributed by atoms with E-state index >= 15 is 0 Å². The van der Waals surface area contributed by atoms with Gasteiger partial charge in [0.05, 0.1) is 6.61 Å². The van der Waals surface area contributed by atoms with Crippen molar-refractivity contribution in [2.45, 2.75) is 13.8 Å². The van der Waals surface area contributed by atoms with Gasteiger partial charge >= 0.3 is 0 Å². The number of aryl methyl sites for hydroxylation is 1. The number of likely N-dealkylation sites (N-methyl/N-ethyl adjacent to an activating group) is 1. The minimum absolute atomic E-state index is 0.725. The Hall–Kier alpha value is -1.06. The van der Waals surface area contributed by atoms with Crippen LogP contribution in [0.2, 0.25) is 0 Å². The highest BCUT2D eigenvalue weighted by Crippen LogP contribution is 2.15. The van der Waals surface area contributed by atoms with Crippen LogP contribution in [-0.4, -0.2) is 44.9 Å². The van der Waals surface area contributed by atoms with Crippen molar-refractivity contribution >= 4 is 0 Å². The van der Waals surface area contributed by atoms with Crippen LogP contribution in [0.15, 0.2) is 24.3 Å². The summed E-state index contributed by atoms with van der Waals surface area (Å²) in [5.74, 6) is 0.982. The van der Waals surface area contributed by atoms with Crippen LogP contribution in [0.25, 0.3) is 0 Å². The van der Waals surface area contributed by atoms with Crippen LogP contribution >= 0.6 is 0 Å². The molecule has 0 amide bonds. The predicted molar refractivity (Wildman–Crippen MR) is 70.7 cm³/mol. The van der Waals surface area contributed by atoms with Gasteiger partial charge in [-0.3, -0.25) is 4.90 Å². The van der Waals surface area contributed by atoms with Crippen LogP contribution in [0.3, 0.4) is 0 Å². The third-order valence-electron chi connectivity index (χ3n) is 2.82. The molecule has 96 valence electrons. The second-order valence-electron chi connectivity index (χ2n) is 4.04. The van der Waals surface area contributed by atoms with Gasteiger partial charge in [0.1, 0.15) is 12.4 Å². The van der Waals surface area contributed by atoms with Crippen molar-refractivity contribution in [2.75, 3.05) is 40.0 Å². The first kappa shape index (κ1) is 14.0. The summed E-state index contributed by atoms with van der Waals surface area (Å²) in [6.07, 6.45) is 0. The Bertz CT molecular complexity index is 315. The van der Waals surface area contributed by atoms with Crippen LogP contribution in [-0.2, 0) is 4.74 Å². The Labute approximate surface area is 104 Å². The third kappa shape index (κ3) is 5.20. The zero-order valence-electron chi connectivity index (χ0n) is 11.1. The number of para-hydroxylation sites is 1. The largest absolute Gasteiger partial charge is 0.492 e. The molecule has 1 aromatic rings. The Morgan fingerprint density at radius 3 is 2.47 bits per heavy atom. The van der Waals surface area contributed by atoms with E-state index in [0.29, 0.717) is 0 Å². The fraction of sp³-hybridized carbons (Fsp3) is 0.571. The molecule has 0 saturated carbocycles. The minimum atomic E-state index is 0.725. The molecule has 0 bridgehead atoms. The van der Waals surface area contributed by atoms with Crippen LogP contribution < -0.4 is 4.74 Å². The Morgan fingerprint density at radius 1 is 1.12 bits per heavy atom. The molecular weight excluding hydrogens is 214 g/mol. The number of ether oxygens (including phenoxy) is 2. The number of nitrogens with zero attached hydrogens (tertiary/aromatic N) is 1. The van der Waals surface area contributed by atoms with Gasteiger partial charge in [-0.05, 0) is 25.1 Å². The van der Waals surface area contributed by atoms with E-state index in [1.165, 1.54) is 5.56 Å². The first-order valence-corrected chi connectivity index (χ1v) is 6.17. The highest BCUT2D eigenvalue weighted by atomic mass is 16.5. The van der Waals surface area contributed by atoms with Crippen molar-refractivity contribution in [2.24, 2.45) is 0 Å². The van der Waals surface area contributed by atoms with E-state index < -0.39 is 0 Å². The van der Waals surface area contributed by atoms with E-state index in [4.69, 9.17) is 9.47 Å². The maximum Gasteiger partial charge on any atom is 0.122 e. The van der Waals surface area contributed by atoms with Gasteiger partial charge in [0, 0.05) is 20.2 Å². The van der Waals surface area contributed by atoms with Crippen molar-refractivity contribution in [1.29, 1.82) is 0 Å². The summed E-state index contributed by atoms with van der Waals surface area (Å²) in [6.45, 7) is 8.65. The summed E-state index contributed by atoms with van der Waals surface area (Å²) in [7, 11) is 1.73. The molecule has 0 atom stereocenters. The molecule has 0 saturated heterocycles. The quantitative estimate of drug-likeness (QED) is 0.692. The Morgan fingerprint density at radius 2 is 1.82 bits per heavy atom. The molecule has 0 unspecified atom stereocenters. The average Bonchev–Trinajstić information content (AvgIpc) is 2.35. The summed E-state index contributed by atoms with van der Waals surface area (Å²) >= 11 is 0. The molecule has 3 nitrogen and oxygen atoms in total. The van der Waals surface area contributed by atoms with Gasteiger partial charge in [0.2, 0.25) is 0 Å². The van der Waals surface area contributed by atoms with Gasteiger partial charge < -0.3 is 9.47 Å². The standard InChI is InChI=1S/C14H23NO2/c1-4-15(9-11-16-3)10-12-17-14-8-6-5-7-13(14)2/h5-8H,4,9-12H2,1-3H3. The molecule has 17 heavy (non-hydrogen) atoms. The monoisotopic (exact) mass is 237 g/mol. The van der Waals surface area contributed by atoms with Crippen molar-refractivity contribution in [3.63, 3.8) is 0 Å². The molecule has 0 heterocycles. The maximum absolute atomic E-state index is 5.77.